The van der Waals surface area contributed by atoms with Crippen molar-refractivity contribution in [3.05, 3.63) is 29.7 Å². The number of nitrogens with zero attached hydrogens (tertiary/aromatic N) is 4. The maximum Gasteiger partial charge on any atom is 0.168 e. The molecule has 1 saturated heterocycles. The second kappa shape index (κ2) is 5.09. The maximum atomic E-state index is 11.0. The summed E-state index contributed by atoms with van der Waals surface area (Å²) in [7, 11) is 0. The highest BCUT2D eigenvalue weighted by molar-refractivity contribution is 5.73. The van der Waals surface area contributed by atoms with Gasteiger partial charge in [0.15, 0.2) is 17.8 Å². The molecule has 3 rings (SSSR count). The molecule has 1 fully saturated rings. The molecule has 1 aliphatic heterocycles. The van der Waals surface area contributed by atoms with Crippen LogP contribution in [-0.2, 0) is 0 Å². The molecular formula is C14H18N4O. The van der Waals surface area contributed by atoms with E-state index < -0.39 is 0 Å². The first kappa shape index (κ1) is 12.3. The van der Waals surface area contributed by atoms with E-state index in [2.05, 4.69) is 21.9 Å². The number of rotatable bonds is 3. The molecule has 2 aromatic rings. The van der Waals surface area contributed by atoms with Crippen LogP contribution in [0.3, 0.4) is 0 Å². The van der Waals surface area contributed by atoms with Crippen LogP contribution in [0.4, 0.5) is 0 Å². The summed E-state index contributed by atoms with van der Waals surface area (Å²) >= 11 is 0. The Morgan fingerprint density at radius 3 is 3.16 bits per heavy atom. The Balaban J connectivity index is 1.94. The molecule has 0 N–H and O–H groups in total. The standard InChI is InChI=1S/C14H18N4O/c1-2-17-8-4-5-11(9-17)14-15-13-7-3-6-12(10-19)18(13)16-14/h3,6-7,10-11H,2,4-5,8-9H2,1H3. The topological polar surface area (TPSA) is 50.5 Å². The van der Waals surface area contributed by atoms with Gasteiger partial charge in [0.25, 0.3) is 0 Å². The lowest BCUT2D eigenvalue weighted by molar-refractivity contribution is 0.111. The van der Waals surface area contributed by atoms with Gasteiger partial charge in [-0.3, -0.25) is 4.79 Å². The summed E-state index contributed by atoms with van der Waals surface area (Å²) in [4.78, 5) is 18.0. The molecular weight excluding hydrogens is 240 g/mol. The summed E-state index contributed by atoms with van der Waals surface area (Å²) in [6.45, 7) is 5.44. The van der Waals surface area contributed by atoms with E-state index in [1.165, 1.54) is 13.0 Å². The summed E-state index contributed by atoms with van der Waals surface area (Å²) in [5.74, 6) is 1.25. The molecule has 5 heteroatoms. The van der Waals surface area contributed by atoms with Gasteiger partial charge in [0.05, 0.1) is 0 Å². The molecule has 0 saturated carbocycles. The zero-order chi connectivity index (χ0) is 13.2. The summed E-state index contributed by atoms with van der Waals surface area (Å²) in [6.07, 6.45) is 3.14. The second-order valence-electron chi connectivity index (χ2n) is 5.04. The van der Waals surface area contributed by atoms with Crippen molar-refractivity contribution < 1.29 is 4.79 Å². The van der Waals surface area contributed by atoms with E-state index in [4.69, 9.17) is 0 Å². The molecule has 0 amide bonds. The van der Waals surface area contributed by atoms with Crippen molar-refractivity contribution in [2.75, 3.05) is 19.6 Å². The van der Waals surface area contributed by atoms with Crippen molar-refractivity contribution in [2.45, 2.75) is 25.7 Å². The fourth-order valence-corrected chi connectivity index (χ4v) is 2.76. The molecule has 0 aliphatic carbocycles. The highest BCUT2D eigenvalue weighted by atomic mass is 16.1. The van der Waals surface area contributed by atoms with Crippen LogP contribution in [0.5, 0.6) is 0 Å². The molecule has 0 aromatic carbocycles. The van der Waals surface area contributed by atoms with E-state index >= 15 is 0 Å². The summed E-state index contributed by atoms with van der Waals surface area (Å²) in [6, 6.07) is 5.50. The predicted octanol–water partition coefficient (Wildman–Crippen LogP) is 1.74. The molecule has 5 nitrogen and oxygen atoms in total. The zero-order valence-corrected chi connectivity index (χ0v) is 11.1. The number of likely N-dealkylation sites (tertiary alicyclic amines) is 1. The zero-order valence-electron chi connectivity index (χ0n) is 11.1. The molecule has 3 heterocycles. The first-order valence-corrected chi connectivity index (χ1v) is 6.85. The van der Waals surface area contributed by atoms with Crippen molar-refractivity contribution in [1.29, 1.82) is 0 Å². The number of carbonyl (C=O) groups is 1. The Morgan fingerprint density at radius 1 is 1.47 bits per heavy atom. The van der Waals surface area contributed by atoms with Crippen molar-refractivity contribution in [2.24, 2.45) is 0 Å². The van der Waals surface area contributed by atoms with Crippen LogP contribution in [-0.4, -0.2) is 45.4 Å². The predicted molar refractivity (Wildman–Crippen MR) is 72.5 cm³/mol. The highest BCUT2D eigenvalue weighted by Crippen LogP contribution is 2.24. The number of pyridine rings is 1. The Bertz CT molecular complexity index is 592. The van der Waals surface area contributed by atoms with Crippen LogP contribution in [0, 0.1) is 0 Å². The first-order valence-electron chi connectivity index (χ1n) is 6.85. The molecule has 100 valence electrons. The average molecular weight is 258 g/mol. The highest BCUT2D eigenvalue weighted by Gasteiger charge is 2.24. The van der Waals surface area contributed by atoms with Gasteiger partial charge >= 0.3 is 0 Å². The van der Waals surface area contributed by atoms with Crippen LogP contribution < -0.4 is 0 Å². The van der Waals surface area contributed by atoms with Crippen LogP contribution in [0.15, 0.2) is 18.2 Å². The van der Waals surface area contributed by atoms with E-state index in [1.54, 1.807) is 10.6 Å². The first-order chi connectivity index (χ1) is 9.31. The van der Waals surface area contributed by atoms with Gasteiger partial charge < -0.3 is 4.90 Å². The number of fused-ring (bicyclic) bond motifs is 1. The van der Waals surface area contributed by atoms with Gasteiger partial charge in [0.1, 0.15) is 5.69 Å². The van der Waals surface area contributed by atoms with Crippen molar-refractivity contribution in [1.82, 2.24) is 19.5 Å². The number of piperidine rings is 1. The van der Waals surface area contributed by atoms with Gasteiger partial charge in [-0.05, 0) is 38.1 Å². The average Bonchev–Trinajstić information content (AvgIpc) is 2.91. The summed E-state index contributed by atoms with van der Waals surface area (Å²) in [5, 5.41) is 4.52. The number of aromatic nitrogens is 3. The number of carbonyl (C=O) groups excluding carboxylic acids is 1. The Kier molecular flexibility index (Phi) is 3.29. The van der Waals surface area contributed by atoms with E-state index in [1.807, 2.05) is 12.1 Å². The molecule has 0 spiro atoms. The SMILES string of the molecule is CCN1CCCC(c2nc3cccc(C=O)n3n2)C1. The fourth-order valence-electron chi connectivity index (χ4n) is 2.76. The normalized spacial score (nSPS) is 20.8. The fraction of sp³-hybridized carbons (Fsp3) is 0.500. The van der Waals surface area contributed by atoms with Crippen LogP contribution >= 0.6 is 0 Å². The maximum absolute atomic E-state index is 11.0. The number of likely N-dealkylation sites (N-methyl/N-ethyl adjacent to an activating group) is 1. The lowest BCUT2D eigenvalue weighted by Crippen LogP contribution is -2.34. The van der Waals surface area contributed by atoms with Crippen LogP contribution in [0.1, 0.15) is 42.0 Å². The van der Waals surface area contributed by atoms with E-state index in [9.17, 15) is 4.79 Å². The van der Waals surface area contributed by atoms with E-state index in [0.29, 0.717) is 11.6 Å². The molecule has 1 aliphatic rings. The smallest absolute Gasteiger partial charge is 0.168 e. The molecule has 0 radical (unpaired) electrons. The van der Waals surface area contributed by atoms with Crippen molar-refractivity contribution >= 4 is 11.9 Å². The minimum absolute atomic E-state index is 0.383. The third-order valence-electron chi connectivity index (χ3n) is 3.84. The van der Waals surface area contributed by atoms with Gasteiger partial charge in [-0.15, -0.1) is 0 Å². The Hall–Kier alpha value is -1.75. The third-order valence-corrected chi connectivity index (χ3v) is 3.84. The van der Waals surface area contributed by atoms with Gasteiger partial charge in [0.2, 0.25) is 0 Å². The van der Waals surface area contributed by atoms with E-state index in [0.717, 1.165) is 37.3 Å². The minimum atomic E-state index is 0.383. The Labute approximate surface area is 112 Å². The lowest BCUT2D eigenvalue weighted by Gasteiger charge is -2.30. The molecule has 1 unspecified atom stereocenters. The number of aldehydes is 1. The van der Waals surface area contributed by atoms with Gasteiger partial charge in [-0.2, -0.15) is 5.10 Å². The quantitative estimate of drug-likeness (QED) is 0.787. The monoisotopic (exact) mass is 258 g/mol. The molecule has 2 aromatic heterocycles. The van der Waals surface area contributed by atoms with Crippen LogP contribution in [0.25, 0.3) is 5.65 Å². The van der Waals surface area contributed by atoms with Crippen molar-refractivity contribution in [3.8, 4) is 0 Å². The largest absolute Gasteiger partial charge is 0.303 e. The lowest BCUT2D eigenvalue weighted by atomic mass is 9.97. The van der Waals surface area contributed by atoms with E-state index in [-0.39, 0.29) is 0 Å². The van der Waals surface area contributed by atoms with Gasteiger partial charge in [-0.1, -0.05) is 13.0 Å². The minimum Gasteiger partial charge on any atom is -0.303 e. The number of hydrogen-bond acceptors (Lipinski definition) is 4. The van der Waals surface area contributed by atoms with Gasteiger partial charge in [0, 0.05) is 12.5 Å². The third kappa shape index (κ3) is 2.26. The molecule has 1 atom stereocenters. The summed E-state index contributed by atoms with van der Waals surface area (Å²) < 4.78 is 1.65. The van der Waals surface area contributed by atoms with Crippen molar-refractivity contribution in [3.63, 3.8) is 0 Å². The number of hydrogen-bond donors (Lipinski definition) is 0. The summed E-state index contributed by atoms with van der Waals surface area (Å²) in [5.41, 5.74) is 1.31. The Morgan fingerprint density at radius 2 is 2.37 bits per heavy atom. The second-order valence-corrected chi connectivity index (χ2v) is 5.04. The molecule has 19 heavy (non-hydrogen) atoms. The van der Waals surface area contributed by atoms with Crippen LogP contribution in [0.2, 0.25) is 0 Å². The van der Waals surface area contributed by atoms with Gasteiger partial charge in [-0.25, -0.2) is 9.50 Å². The molecule has 0 bridgehead atoms.